The van der Waals surface area contributed by atoms with Gasteiger partial charge in [0.1, 0.15) is 18.3 Å². The van der Waals surface area contributed by atoms with E-state index in [0.29, 0.717) is 23.5 Å². The summed E-state index contributed by atoms with van der Waals surface area (Å²) in [7, 11) is -2.61. The number of carbonyl (C=O) groups excluding carboxylic acids is 2. The Labute approximate surface area is 279 Å². The van der Waals surface area contributed by atoms with E-state index in [2.05, 4.69) is 5.32 Å². The number of amides is 2. The molecule has 0 fully saturated rings. The Morgan fingerprint density at radius 1 is 0.830 bits per heavy atom. The van der Waals surface area contributed by atoms with Crippen molar-refractivity contribution in [2.75, 3.05) is 24.5 Å². The summed E-state index contributed by atoms with van der Waals surface area (Å²) in [5.41, 5.74) is 4.63. The van der Waals surface area contributed by atoms with E-state index in [9.17, 15) is 18.0 Å². The molecule has 0 spiro atoms. The van der Waals surface area contributed by atoms with Gasteiger partial charge in [-0.1, -0.05) is 91.2 Å². The van der Waals surface area contributed by atoms with Crippen LogP contribution >= 0.6 is 0 Å². The quantitative estimate of drug-likeness (QED) is 0.150. The summed E-state index contributed by atoms with van der Waals surface area (Å²) in [6.07, 6.45) is 1.95. The minimum absolute atomic E-state index is 0.0695. The third-order valence-electron chi connectivity index (χ3n) is 8.10. The molecule has 2 amide bonds. The van der Waals surface area contributed by atoms with Crippen LogP contribution in [0.5, 0.6) is 5.75 Å². The van der Waals surface area contributed by atoms with E-state index in [-0.39, 0.29) is 23.8 Å². The third kappa shape index (κ3) is 9.23. The molecule has 0 aliphatic carbocycles. The lowest BCUT2D eigenvalue weighted by atomic mass is 10.0. The summed E-state index contributed by atoms with van der Waals surface area (Å²) >= 11 is 0. The van der Waals surface area contributed by atoms with Crippen LogP contribution in [0.1, 0.15) is 47.6 Å². The Bertz CT molecular complexity index is 1760. The van der Waals surface area contributed by atoms with Crippen molar-refractivity contribution in [3.05, 3.63) is 125 Å². The molecule has 0 unspecified atom stereocenters. The number of anilines is 1. The number of sulfonamides is 1. The standard InChI is InChI=1S/C38H45N3O5S/c1-6-7-22-39-38(43)36(25-31-12-9-8-10-13-31)40(26-32-14-11-15-33(24-32)46-5)37(42)27-41(35-21-18-29(3)23-30(35)4)47(44,45)34-19-16-28(2)17-20-34/h8-21,23-24,36H,6-7,22,25-27H2,1-5H3,(H,39,43)/t36-/m0/s1. The maximum atomic E-state index is 14.7. The molecule has 0 aromatic heterocycles. The van der Waals surface area contributed by atoms with Crippen LogP contribution in [-0.2, 0) is 32.6 Å². The SMILES string of the molecule is CCCCNC(=O)[C@H](Cc1ccccc1)N(Cc1cccc(OC)c1)C(=O)CN(c1ccc(C)cc1C)S(=O)(=O)c1ccc(C)cc1. The Kier molecular flexibility index (Phi) is 12.2. The van der Waals surface area contributed by atoms with Crippen LogP contribution in [0.2, 0.25) is 0 Å². The van der Waals surface area contributed by atoms with Crippen molar-refractivity contribution in [1.82, 2.24) is 10.2 Å². The van der Waals surface area contributed by atoms with Crippen LogP contribution in [0.15, 0.2) is 102 Å². The molecule has 0 saturated carbocycles. The number of methoxy groups -OCH3 is 1. The van der Waals surface area contributed by atoms with Crippen LogP contribution in [-0.4, -0.2) is 51.4 Å². The molecular weight excluding hydrogens is 611 g/mol. The van der Waals surface area contributed by atoms with E-state index in [1.807, 2.05) is 94.4 Å². The van der Waals surface area contributed by atoms with Gasteiger partial charge in [-0.15, -0.1) is 0 Å². The zero-order chi connectivity index (χ0) is 34.0. The fourth-order valence-corrected chi connectivity index (χ4v) is 6.94. The molecule has 0 heterocycles. The number of aryl methyl sites for hydroxylation is 3. The predicted molar refractivity (Wildman–Crippen MR) is 187 cm³/mol. The second-order valence-corrected chi connectivity index (χ2v) is 13.7. The molecule has 4 rings (SSSR count). The first-order valence-corrected chi connectivity index (χ1v) is 17.4. The highest BCUT2D eigenvalue weighted by Crippen LogP contribution is 2.29. The summed E-state index contributed by atoms with van der Waals surface area (Å²) in [6.45, 7) is 7.73. The first kappa shape index (κ1) is 35.2. The fraction of sp³-hybridized carbons (Fsp3) is 0.316. The van der Waals surface area contributed by atoms with Crippen LogP contribution in [0, 0.1) is 20.8 Å². The average molecular weight is 656 g/mol. The average Bonchev–Trinajstić information content (AvgIpc) is 3.06. The smallest absolute Gasteiger partial charge is 0.264 e. The third-order valence-corrected chi connectivity index (χ3v) is 9.87. The number of rotatable bonds is 15. The van der Waals surface area contributed by atoms with Gasteiger partial charge in [-0.2, -0.15) is 0 Å². The summed E-state index contributed by atoms with van der Waals surface area (Å²) in [5.74, 6) is -0.186. The lowest BCUT2D eigenvalue weighted by molar-refractivity contribution is -0.140. The van der Waals surface area contributed by atoms with E-state index in [1.54, 1.807) is 37.4 Å². The summed E-state index contributed by atoms with van der Waals surface area (Å²) < 4.78 is 35.2. The van der Waals surface area contributed by atoms with Gasteiger partial charge in [0.2, 0.25) is 11.8 Å². The Morgan fingerprint density at radius 2 is 1.51 bits per heavy atom. The maximum absolute atomic E-state index is 14.7. The second-order valence-electron chi connectivity index (χ2n) is 11.8. The van der Waals surface area contributed by atoms with Gasteiger partial charge in [0, 0.05) is 19.5 Å². The van der Waals surface area contributed by atoms with Crippen molar-refractivity contribution < 1.29 is 22.7 Å². The van der Waals surface area contributed by atoms with E-state index >= 15 is 0 Å². The molecular formula is C38H45N3O5S. The van der Waals surface area contributed by atoms with E-state index in [4.69, 9.17) is 4.74 Å². The number of benzene rings is 4. The maximum Gasteiger partial charge on any atom is 0.264 e. The number of hydrogen-bond donors (Lipinski definition) is 1. The molecule has 248 valence electrons. The summed E-state index contributed by atoms with van der Waals surface area (Å²) in [5, 5.41) is 3.02. The zero-order valence-corrected chi connectivity index (χ0v) is 28.7. The van der Waals surface area contributed by atoms with Crippen LogP contribution < -0.4 is 14.4 Å². The Hall–Kier alpha value is -4.63. The molecule has 47 heavy (non-hydrogen) atoms. The van der Waals surface area contributed by atoms with Crippen molar-refractivity contribution in [1.29, 1.82) is 0 Å². The molecule has 4 aromatic rings. The van der Waals surface area contributed by atoms with Gasteiger partial charge in [-0.05, 0) is 74.2 Å². The van der Waals surface area contributed by atoms with Gasteiger partial charge in [0.25, 0.3) is 10.0 Å². The van der Waals surface area contributed by atoms with Crippen molar-refractivity contribution in [2.45, 2.75) is 64.4 Å². The summed E-state index contributed by atoms with van der Waals surface area (Å²) in [4.78, 5) is 30.2. The van der Waals surface area contributed by atoms with Gasteiger partial charge in [0.05, 0.1) is 17.7 Å². The minimum atomic E-state index is -4.18. The van der Waals surface area contributed by atoms with Gasteiger partial charge in [0.15, 0.2) is 0 Å². The zero-order valence-electron chi connectivity index (χ0n) is 27.9. The van der Waals surface area contributed by atoms with Crippen molar-refractivity contribution >= 4 is 27.5 Å². The second kappa shape index (κ2) is 16.3. The fourth-order valence-electron chi connectivity index (χ4n) is 5.46. The highest BCUT2D eigenvalue weighted by Gasteiger charge is 2.35. The molecule has 9 heteroatoms. The molecule has 0 aliphatic rings. The monoisotopic (exact) mass is 655 g/mol. The van der Waals surface area contributed by atoms with Crippen LogP contribution in [0.3, 0.4) is 0 Å². The van der Waals surface area contributed by atoms with Crippen LogP contribution in [0.4, 0.5) is 5.69 Å². The van der Waals surface area contributed by atoms with Gasteiger partial charge < -0.3 is 15.0 Å². The largest absolute Gasteiger partial charge is 0.497 e. The number of ether oxygens (including phenoxy) is 1. The molecule has 0 aliphatic heterocycles. The first-order chi connectivity index (χ1) is 22.5. The van der Waals surface area contributed by atoms with Crippen molar-refractivity contribution in [3.63, 3.8) is 0 Å². The molecule has 8 nitrogen and oxygen atoms in total. The molecule has 4 aromatic carbocycles. The number of unbranched alkanes of at least 4 members (excludes halogenated alkanes) is 1. The Balaban J connectivity index is 1.82. The molecule has 1 atom stereocenters. The normalized spacial score (nSPS) is 11.9. The minimum Gasteiger partial charge on any atom is -0.497 e. The molecule has 1 N–H and O–H groups in total. The highest BCUT2D eigenvalue weighted by atomic mass is 32.2. The van der Waals surface area contributed by atoms with Crippen molar-refractivity contribution in [3.8, 4) is 5.75 Å². The molecule has 0 saturated heterocycles. The van der Waals surface area contributed by atoms with Gasteiger partial charge in [-0.3, -0.25) is 13.9 Å². The topological polar surface area (TPSA) is 96.0 Å². The number of carbonyl (C=O) groups is 2. The number of nitrogens with one attached hydrogen (secondary N) is 1. The van der Waals surface area contributed by atoms with Crippen molar-refractivity contribution in [2.24, 2.45) is 0 Å². The van der Waals surface area contributed by atoms with E-state index in [0.717, 1.165) is 35.1 Å². The number of hydrogen-bond acceptors (Lipinski definition) is 5. The van der Waals surface area contributed by atoms with E-state index in [1.165, 1.54) is 9.21 Å². The van der Waals surface area contributed by atoms with Gasteiger partial charge >= 0.3 is 0 Å². The van der Waals surface area contributed by atoms with Gasteiger partial charge in [-0.25, -0.2) is 8.42 Å². The van der Waals surface area contributed by atoms with Crippen LogP contribution in [0.25, 0.3) is 0 Å². The lowest BCUT2D eigenvalue weighted by Gasteiger charge is -2.34. The predicted octanol–water partition coefficient (Wildman–Crippen LogP) is 6.37. The number of nitrogens with zero attached hydrogens (tertiary/aromatic N) is 2. The molecule has 0 bridgehead atoms. The Morgan fingerprint density at radius 3 is 2.17 bits per heavy atom. The molecule has 0 radical (unpaired) electrons. The van der Waals surface area contributed by atoms with E-state index < -0.39 is 28.5 Å². The first-order valence-electron chi connectivity index (χ1n) is 15.9. The lowest BCUT2D eigenvalue weighted by Crippen LogP contribution is -2.53. The summed E-state index contributed by atoms with van der Waals surface area (Å²) in [6, 6.07) is 28.0. The highest BCUT2D eigenvalue weighted by molar-refractivity contribution is 7.92.